The van der Waals surface area contributed by atoms with Crippen molar-refractivity contribution >= 4 is 11.6 Å². The van der Waals surface area contributed by atoms with E-state index in [0.29, 0.717) is 29.8 Å². The SMILES string of the molecule is CNCc1nc(C(C)C)ncc1OCc1ccccc1Cl. The maximum absolute atomic E-state index is 6.13. The summed E-state index contributed by atoms with van der Waals surface area (Å²) in [5, 5.41) is 3.81. The minimum Gasteiger partial charge on any atom is -0.485 e. The second kappa shape index (κ2) is 7.38. The number of nitrogens with one attached hydrogen (secondary N) is 1. The zero-order valence-electron chi connectivity index (χ0n) is 12.6. The molecular formula is C16H20ClN3O. The lowest BCUT2D eigenvalue weighted by atomic mass is 10.2. The molecule has 5 heteroatoms. The molecule has 1 heterocycles. The maximum atomic E-state index is 6.13. The number of rotatable bonds is 6. The van der Waals surface area contributed by atoms with Gasteiger partial charge in [0.2, 0.25) is 0 Å². The number of hydrogen-bond donors (Lipinski definition) is 1. The Morgan fingerprint density at radius 1 is 1.29 bits per heavy atom. The highest BCUT2D eigenvalue weighted by atomic mass is 35.5. The van der Waals surface area contributed by atoms with E-state index in [2.05, 4.69) is 29.1 Å². The van der Waals surface area contributed by atoms with Crippen LogP contribution in [0.4, 0.5) is 0 Å². The molecule has 2 rings (SSSR count). The van der Waals surface area contributed by atoms with Crippen LogP contribution in [0.5, 0.6) is 5.75 Å². The maximum Gasteiger partial charge on any atom is 0.160 e. The summed E-state index contributed by atoms with van der Waals surface area (Å²) in [5.41, 5.74) is 1.81. The Balaban J connectivity index is 2.17. The molecule has 1 aromatic carbocycles. The minimum absolute atomic E-state index is 0.290. The molecule has 0 spiro atoms. The third-order valence-corrected chi connectivity index (χ3v) is 3.42. The fourth-order valence-corrected chi connectivity index (χ4v) is 2.08. The Bertz CT molecular complexity index is 602. The lowest BCUT2D eigenvalue weighted by Crippen LogP contribution is -2.12. The first kappa shape index (κ1) is 15.7. The van der Waals surface area contributed by atoms with Gasteiger partial charge in [-0.15, -0.1) is 0 Å². The highest BCUT2D eigenvalue weighted by Crippen LogP contribution is 2.22. The van der Waals surface area contributed by atoms with Gasteiger partial charge >= 0.3 is 0 Å². The Morgan fingerprint density at radius 3 is 2.71 bits per heavy atom. The van der Waals surface area contributed by atoms with E-state index in [0.717, 1.165) is 17.1 Å². The fraction of sp³-hybridized carbons (Fsp3) is 0.375. The van der Waals surface area contributed by atoms with Crippen molar-refractivity contribution in [1.82, 2.24) is 15.3 Å². The van der Waals surface area contributed by atoms with E-state index in [4.69, 9.17) is 16.3 Å². The number of nitrogens with zero attached hydrogens (tertiary/aromatic N) is 2. The Hall–Kier alpha value is -1.65. The summed E-state index contributed by atoms with van der Waals surface area (Å²) in [6.45, 7) is 5.19. The van der Waals surface area contributed by atoms with Crippen molar-refractivity contribution in [2.24, 2.45) is 0 Å². The smallest absolute Gasteiger partial charge is 0.160 e. The number of halogens is 1. The van der Waals surface area contributed by atoms with Crippen LogP contribution >= 0.6 is 11.6 Å². The van der Waals surface area contributed by atoms with Crippen molar-refractivity contribution in [2.45, 2.75) is 32.9 Å². The molecule has 112 valence electrons. The van der Waals surface area contributed by atoms with Gasteiger partial charge in [0.05, 0.1) is 11.9 Å². The van der Waals surface area contributed by atoms with E-state index in [9.17, 15) is 0 Å². The van der Waals surface area contributed by atoms with Crippen LogP contribution in [0.15, 0.2) is 30.5 Å². The zero-order valence-corrected chi connectivity index (χ0v) is 13.3. The van der Waals surface area contributed by atoms with E-state index in [1.54, 1.807) is 6.20 Å². The van der Waals surface area contributed by atoms with Gasteiger partial charge < -0.3 is 10.1 Å². The molecule has 4 nitrogen and oxygen atoms in total. The highest BCUT2D eigenvalue weighted by molar-refractivity contribution is 6.31. The largest absolute Gasteiger partial charge is 0.485 e. The van der Waals surface area contributed by atoms with Gasteiger partial charge in [0, 0.05) is 23.0 Å². The van der Waals surface area contributed by atoms with Crippen LogP contribution < -0.4 is 10.1 Å². The molecule has 0 aliphatic rings. The van der Waals surface area contributed by atoms with Crippen molar-refractivity contribution < 1.29 is 4.74 Å². The van der Waals surface area contributed by atoms with Crippen molar-refractivity contribution in [3.8, 4) is 5.75 Å². The molecule has 0 fully saturated rings. The molecule has 0 aliphatic carbocycles. The quantitative estimate of drug-likeness (QED) is 0.886. The van der Waals surface area contributed by atoms with Crippen LogP contribution in [0.1, 0.15) is 36.8 Å². The highest BCUT2D eigenvalue weighted by Gasteiger charge is 2.11. The Labute approximate surface area is 130 Å². The van der Waals surface area contributed by atoms with Gasteiger partial charge in [-0.1, -0.05) is 43.6 Å². The van der Waals surface area contributed by atoms with Crippen molar-refractivity contribution in [2.75, 3.05) is 7.05 Å². The summed E-state index contributed by atoms with van der Waals surface area (Å²) >= 11 is 6.13. The van der Waals surface area contributed by atoms with Gasteiger partial charge in [-0.05, 0) is 13.1 Å². The average molecular weight is 306 g/mol. The van der Waals surface area contributed by atoms with Crippen LogP contribution in [0.3, 0.4) is 0 Å². The molecule has 0 saturated carbocycles. The molecule has 0 radical (unpaired) electrons. The molecule has 0 saturated heterocycles. The van der Waals surface area contributed by atoms with Gasteiger partial charge in [0.15, 0.2) is 5.75 Å². The molecule has 21 heavy (non-hydrogen) atoms. The van der Waals surface area contributed by atoms with Crippen molar-refractivity contribution in [3.05, 3.63) is 52.6 Å². The first-order valence-electron chi connectivity index (χ1n) is 6.98. The first-order valence-corrected chi connectivity index (χ1v) is 7.36. The monoisotopic (exact) mass is 305 g/mol. The standard InChI is InChI=1S/C16H20ClN3O/c1-11(2)16-19-9-15(14(20-16)8-18-3)21-10-12-6-4-5-7-13(12)17/h4-7,9,11,18H,8,10H2,1-3H3. The second-order valence-electron chi connectivity index (χ2n) is 5.10. The summed E-state index contributed by atoms with van der Waals surface area (Å²) < 4.78 is 5.84. The summed E-state index contributed by atoms with van der Waals surface area (Å²) in [5.74, 6) is 1.80. The van der Waals surface area contributed by atoms with Crippen LogP contribution in [-0.2, 0) is 13.2 Å². The lowest BCUT2D eigenvalue weighted by Gasteiger charge is -2.13. The lowest BCUT2D eigenvalue weighted by molar-refractivity contribution is 0.298. The second-order valence-corrected chi connectivity index (χ2v) is 5.51. The average Bonchev–Trinajstić information content (AvgIpc) is 2.47. The van der Waals surface area contributed by atoms with E-state index >= 15 is 0 Å². The number of hydrogen-bond acceptors (Lipinski definition) is 4. The summed E-state index contributed by atoms with van der Waals surface area (Å²) in [4.78, 5) is 8.92. The Morgan fingerprint density at radius 2 is 2.05 bits per heavy atom. The van der Waals surface area contributed by atoms with E-state index in [-0.39, 0.29) is 0 Å². The van der Waals surface area contributed by atoms with Gasteiger partial charge in [0.1, 0.15) is 12.4 Å². The number of aromatic nitrogens is 2. The number of ether oxygens (including phenoxy) is 1. The zero-order chi connectivity index (χ0) is 15.2. The van der Waals surface area contributed by atoms with Gasteiger partial charge in [-0.25, -0.2) is 9.97 Å². The van der Waals surface area contributed by atoms with Gasteiger partial charge in [-0.2, -0.15) is 0 Å². The van der Waals surface area contributed by atoms with E-state index in [1.807, 2.05) is 31.3 Å². The number of benzene rings is 1. The molecule has 1 N–H and O–H groups in total. The summed E-state index contributed by atoms with van der Waals surface area (Å²) in [6, 6.07) is 7.65. The summed E-state index contributed by atoms with van der Waals surface area (Å²) in [7, 11) is 1.88. The van der Waals surface area contributed by atoms with Crippen LogP contribution in [0.2, 0.25) is 5.02 Å². The first-order chi connectivity index (χ1) is 10.1. The molecule has 0 aliphatic heterocycles. The van der Waals surface area contributed by atoms with E-state index in [1.165, 1.54) is 0 Å². The third-order valence-electron chi connectivity index (χ3n) is 3.05. The molecule has 0 atom stereocenters. The third kappa shape index (κ3) is 4.16. The molecule has 2 aromatic rings. The topological polar surface area (TPSA) is 47.0 Å². The Kier molecular flexibility index (Phi) is 5.53. The molecule has 0 unspecified atom stereocenters. The normalized spacial score (nSPS) is 10.9. The molecule has 0 amide bonds. The minimum atomic E-state index is 0.290. The molecule has 1 aromatic heterocycles. The van der Waals surface area contributed by atoms with Crippen LogP contribution in [0, 0.1) is 0 Å². The molecular weight excluding hydrogens is 286 g/mol. The molecule has 0 bridgehead atoms. The summed E-state index contributed by atoms with van der Waals surface area (Å²) in [6.07, 6.45) is 1.74. The van der Waals surface area contributed by atoms with Crippen molar-refractivity contribution in [1.29, 1.82) is 0 Å². The predicted octanol–water partition coefficient (Wildman–Crippen LogP) is 3.55. The van der Waals surface area contributed by atoms with Gasteiger partial charge in [-0.3, -0.25) is 0 Å². The van der Waals surface area contributed by atoms with Crippen LogP contribution in [-0.4, -0.2) is 17.0 Å². The predicted molar refractivity (Wildman–Crippen MR) is 84.7 cm³/mol. The fourth-order valence-electron chi connectivity index (χ4n) is 1.89. The van der Waals surface area contributed by atoms with E-state index < -0.39 is 0 Å². The van der Waals surface area contributed by atoms with Crippen molar-refractivity contribution in [3.63, 3.8) is 0 Å². The van der Waals surface area contributed by atoms with Gasteiger partial charge in [0.25, 0.3) is 0 Å². The van der Waals surface area contributed by atoms with Crippen LogP contribution in [0.25, 0.3) is 0 Å².